The van der Waals surface area contributed by atoms with Crippen molar-refractivity contribution in [1.82, 2.24) is 0 Å². The molecule has 0 saturated carbocycles. The van der Waals surface area contributed by atoms with E-state index in [1.54, 1.807) is 12.1 Å². The third-order valence-corrected chi connectivity index (χ3v) is 1.17. The molecule has 0 bridgehead atoms. The molecule has 0 aliphatic carbocycles. The van der Waals surface area contributed by atoms with Crippen LogP contribution in [0, 0.1) is 0 Å². The Hall–Kier alpha value is -1.44. The van der Waals surface area contributed by atoms with Crippen molar-refractivity contribution in [3.63, 3.8) is 0 Å². The first-order chi connectivity index (χ1) is 6.45. The van der Waals surface area contributed by atoms with Gasteiger partial charge in [0, 0.05) is 11.3 Å². The maximum atomic E-state index is 10.5. The molecule has 0 spiro atoms. The van der Waals surface area contributed by atoms with Crippen LogP contribution in [0.25, 0.3) is 0 Å². The second kappa shape index (κ2) is 6.08. The van der Waals surface area contributed by atoms with E-state index >= 15 is 0 Å². The van der Waals surface area contributed by atoms with Crippen molar-refractivity contribution in [2.24, 2.45) is 10.9 Å². The Bertz CT molecular complexity index is 338. The predicted molar refractivity (Wildman–Crippen MR) is 49.7 cm³/mol. The molecule has 1 atom stereocenters. The molecule has 1 unspecified atom stereocenters. The summed E-state index contributed by atoms with van der Waals surface area (Å²) in [7, 11) is 0. The van der Waals surface area contributed by atoms with Gasteiger partial charge in [-0.15, -0.1) is 0 Å². The summed E-state index contributed by atoms with van der Waals surface area (Å²) >= 11 is -2.36. The Morgan fingerprint density at radius 3 is 2.14 bits per heavy atom. The smallest absolute Gasteiger partial charge is 0.252 e. The van der Waals surface area contributed by atoms with Crippen molar-refractivity contribution >= 4 is 17.2 Å². The Kier molecular flexibility index (Phi) is 5.46. The van der Waals surface area contributed by atoms with E-state index in [0.29, 0.717) is 0 Å². The molecule has 78 valence electrons. The molecule has 7 heteroatoms. The summed E-state index contributed by atoms with van der Waals surface area (Å²) in [6.07, 6.45) is 0. The summed E-state index contributed by atoms with van der Waals surface area (Å²) < 4.78 is 17.6. The van der Waals surface area contributed by atoms with E-state index in [1.807, 2.05) is 0 Å². The molecule has 6 nitrogen and oxygen atoms in total. The summed E-state index contributed by atoms with van der Waals surface area (Å²) in [5, 5.41) is 13.0. The number of rotatable bonds is 1. The topological polar surface area (TPSA) is 129 Å². The molecular weight excluding hydrogens is 208 g/mol. The van der Waals surface area contributed by atoms with Crippen LogP contribution in [0.1, 0.15) is 10.4 Å². The standard InChI is InChI=1S/C7H7NO2.H3NO2S/c8-7(10)5-3-1-2-4-6(5)9;1-4(2)3/h1-4,9H,(H2,8,10);1H2,(H,2,3)/p-1. The molecule has 0 aliphatic rings. The lowest BCUT2D eigenvalue weighted by Crippen LogP contribution is -2.10. The second-order valence-electron chi connectivity index (χ2n) is 2.14. The zero-order chi connectivity index (χ0) is 11.1. The van der Waals surface area contributed by atoms with Gasteiger partial charge in [0.15, 0.2) is 0 Å². The Labute approximate surface area is 83.0 Å². The lowest BCUT2D eigenvalue weighted by molar-refractivity contribution is 0.0998. The van der Waals surface area contributed by atoms with Gasteiger partial charge >= 0.3 is 0 Å². The predicted octanol–water partition coefficient (Wildman–Crippen LogP) is -0.770. The van der Waals surface area contributed by atoms with Crippen molar-refractivity contribution in [2.45, 2.75) is 0 Å². The van der Waals surface area contributed by atoms with Crippen LogP contribution in [0.4, 0.5) is 0 Å². The summed E-state index contributed by atoms with van der Waals surface area (Å²) in [5.41, 5.74) is 5.07. The van der Waals surface area contributed by atoms with Gasteiger partial charge in [-0.1, -0.05) is 12.1 Å². The zero-order valence-corrected chi connectivity index (χ0v) is 7.86. The molecule has 0 aromatic heterocycles. The molecule has 1 aromatic rings. The van der Waals surface area contributed by atoms with Crippen molar-refractivity contribution in [3.05, 3.63) is 29.8 Å². The number of nitrogens with two attached hydrogens (primary N) is 2. The largest absolute Gasteiger partial charge is 0.760 e. The lowest BCUT2D eigenvalue weighted by Gasteiger charge is -1.96. The van der Waals surface area contributed by atoms with Crippen LogP contribution in [0.2, 0.25) is 0 Å². The van der Waals surface area contributed by atoms with E-state index in [1.165, 1.54) is 12.1 Å². The molecule has 1 rings (SSSR count). The molecule has 0 radical (unpaired) electrons. The first-order valence-electron chi connectivity index (χ1n) is 3.36. The molecule has 1 amide bonds. The maximum absolute atomic E-state index is 10.5. The molecule has 0 heterocycles. The minimum atomic E-state index is -2.36. The molecule has 1 aromatic carbocycles. The Balaban J connectivity index is 0.000000364. The average molecular weight is 217 g/mol. The number of primary amides is 1. The Morgan fingerprint density at radius 2 is 1.86 bits per heavy atom. The number of carbonyl (C=O) groups excluding carboxylic acids is 1. The van der Waals surface area contributed by atoms with Gasteiger partial charge in [-0.05, 0) is 12.1 Å². The zero-order valence-electron chi connectivity index (χ0n) is 7.04. The molecule has 0 aliphatic heterocycles. The van der Waals surface area contributed by atoms with Crippen LogP contribution in [0.5, 0.6) is 5.75 Å². The SMILES string of the molecule is NC(=O)c1ccccc1O.NS(=O)[O-]. The Morgan fingerprint density at radius 1 is 1.43 bits per heavy atom. The third-order valence-electron chi connectivity index (χ3n) is 1.17. The number of hydrogen-bond donors (Lipinski definition) is 3. The summed E-state index contributed by atoms with van der Waals surface area (Å²) in [5.74, 6) is -0.687. The number of carbonyl (C=O) groups is 1. The van der Waals surface area contributed by atoms with Gasteiger partial charge in [-0.3, -0.25) is 14.1 Å². The first kappa shape index (κ1) is 12.6. The third kappa shape index (κ3) is 5.25. The van der Waals surface area contributed by atoms with Gasteiger partial charge in [0.25, 0.3) is 5.91 Å². The van der Waals surface area contributed by atoms with E-state index < -0.39 is 17.2 Å². The number of phenols is 1. The monoisotopic (exact) mass is 217 g/mol. The molecule has 14 heavy (non-hydrogen) atoms. The summed E-state index contributed by atoms with van der Waals surface area (Å²) in [6, 6.07) is 6.15. The van der Waals surface area contributed by atoms with E-state index in [-0.39, 0.29) is 11.3 Å². The van der Waals surface area contributed by atoms with Crippen molar-refractivity contribution in [3.8, 4) is 5.75 Å². The van der Waals surface area contributed by atoms with E-state index in [2.05, 4.69) is 5.14 Å². The van der Waals surface area contributed by atoms with Crippen molar-refractivity contribution < 1.29 is 18.7 Å². The number of benzene rings is 1. The highest BCUT2D eigenvalue weighted by Crippen LogP contribution is 2.13. The van der Waals surface area contributed by atoms with Crippen molar-refractivity contribution in [1.29, 1.82) is 0 Å². The summed E-state index contributed by atoms with van der Waals surface area (Å²) in [6.45, 7) is 0. The molecular formula is C7H9N2O4S-. The van der Waals surface area contributed by atoms with E-state index in [4.69, 9.17) is 19.6 Å². The number of amides is 1. The van der Waals surface area contributed by atoms with E-state index in [0.717, 1.165) is 0 Å². The van der Waals surface area contributed by atoms with Crippen LogP contribution in [-0.4, -0.2) is 19.8 Å². The minimum absolute atomic E-state index is 0.0741. The van der Waals surface area contributed by atoms with Gasteiger partial charge in [0.05, 0.1) is 5.56 Å². The fourth-order valence-corrected chi connectivity index (χ4v) is 0.682. The number of aromatic hydroxyl groups is 1. The van der Waals surface area contributed by atoms with Crippen LogP contribution < -0.4 is 10.9 Å². The number of para-hydroxylation sites is 1. The highest BCUT2D eigenvalue weighted by molar-refractivity contribution is 7.76. The van der Waals surface area contributed by atoms with Gasteiger partial charge in [-0.25, -0.2) is 0 Å². The van der Waals surface area contributed by atoms with Crippen LogP contribution in [-0.2, 0) is 11.3 Å². The highest BCUT2D eigenvalue weighted by atomic mass is 32.2. The normalized spacial score (nSPS) is 11.0. The fraction of sp³-hybridized carbons (Fsp3) is 0. The average Bonchev–Trinajstić information content (AvgIpc) is 2.03. The van der Waals surface area contributed by atoms with Gasteiger partial charge < -0.3 is 15.4 Å². The van der Waals surface area contributed by atoms with Crippen LogP contribution >= 0.6 is 0 Å². The van der Waals surface area contributed by atoms with Gasteiger partial charge in [-0.2, -0.15) is 0 Å². The fourth-order valence-electron chi connectivity index (χ4n) is 0.682. The molecule has 0 fully saturated rings. The molecule has 0 saturated heterocycles. The quantitative estimate of drug-likeness (QED) is 0.533. The van der Waals surface area contributed by atoms with Gasteiger partial charge in [0.2, 0.25) is 0 Å². The number of hydrogen-bond acceptors (Lipinski definition) is 4. The summed E-state index contributed by atoms with van der Waals surface area (Å²) in [4.78, 5) is 10.5. The second-order valence-corrected chi connectivity index (χ2v) is 2.66. The van der Waals surface area contributed by atoms with E-state index in [9.17, 15) is 4.79 Å². The van der Waals surface area contributed by atoms with Crippen LogP contribution in [0.3, 0.4) is 0 Å². The van der Waals surface area contributed by atoms with Gasteiger partial charge in [0.1, 0.15) is 5.75 Å². The molecule has 5 N–H and O–H groups in total. The first-order valence-corrected chi connectivity index (χ1v) is 4.50. The minimum Gasteiger partial charge on any atom is -0.760 e. The van der Waals surface area contributed by atoms with Crippen molar-refractivity contribution in [2.75, 3.05) is 0 Å². The highest BCUT2D eigenvalue weighted by Gasteiger charge is 2.03. The maximum Gasteiger partial charge on any atom is 0.252 e. The lowest BCUT2D eigenvalue weighted by atomic mass is 10.2. The van der Waals surface area contributed by atoms with Crippen LogP contribution in [0.15, 0.2) is 24.3 Å².